The van der Waals surface area contributed by atoms with Crippen LogP contribution in [0.5, 0.6) is 0 Å². The number of aryl methyl sites for hydroxylation is 1. The van der Waals surface area contributed by atoms with Gasteiger partial charge in [-0.25, -0.2) is 0 Å². The van der Waals surface area contributed by atoms with Crippen molar-refractivity contribution in [2.45, 2.75) is 31.2 Å². The molecule has 1 saturated heterocycles. The van der Waals surface area contributed by atoms with Gasteiger partial charge in [-0.15, -0.1) is 0 Å². The number of hydrogen-bond donors (Lipinski definition) is 0. The molecular weight excluding hydrogens is 172 g/mol. The Morgan fingerprint density at radius 2 is 2.36 bits per heavy atom. The zero-order chi connectivity index (χ0) is 9.60. The highest BCUT2D eigenvalue weighted by Gasteiger charge is 2.44. The van der Waals surface area contributed by atoms with Crippen LogP contribution in [0, 0.1) is 0 Å². The quantitative estimate of drug-likeness (QED) is 0.618. The maximum atomic E-state index is 4.28. The van der Waals surface area contributed by atoms with Crippen LogP contribution >= 0.6 is 0 Å². The van der Waals surface area contributed by atoms with Crippen LogP contribution in [-0.4, -0.2) is 23.5 Å². The van der Waals surface area contributed by atoms with Gasteiger partial charge in [-0.2, -0.15) is 0 Å². The predicted octanol–water partition coefficient (Wildman–Crippen LogP) is 1.95. The van der Waals surface area contributed by atoms with Crippen LogP contribution in [0.3, 0.4) is 0 Å². The lowest BCUT2D eigenvalue weighted by Gasteiger charge is -2.32. The molecule has 1 aromatic rings. The van der Waals surface area contributed by atoms with Crippen LogP contribution in [0.25, 0.3) is 0 Å². The summed E-state index contributed by atoms with van der Waals surface area (Å²) in [6, 6.07) is 2.19. The van der Waals surface area contributed by atoms with Gasteiger partial charge in [0.1, 0.15) is 0 Å². The van der Waals surface area contributed by atoms with E-state index in [1.54, 1.807) is 0 Å². The van der Waals surface area contributed by atoms with Gasteiger partial charge in [0.25, 0.3) is 0 Å². The number of likely N-dealkylation sites (tertiary alicyclic amines) is 1. The molecule has 2 heterocycles. The number of fused-ring (bicyclic) bond motifs is 2. The van der Waals surface area contributed by atoms with Gasteiger partial charge >= 0.3 is 0 Å². The zero-order valence-electron chi connectivity index (χ0n) is 8.66. The van der Waals surface area contributed by atoms with Crippen molar-refractivity contribution in [3.05, 3.63) is 29.6 Å². The van der Waals surface area contributed by atoms with E-state index in [0.717, 1.165) is 0 Å². The van der Waals surface area contributed by atoms with Crippen molar-refractivity contribution >= 4 is 0 Å². The van der Waals surface area contributed by atoms with Crippen LogP contribution in [0.15, 0.2) is 18.5 Å². The minimum absolute atomic E-state index is 0.351. The minimum atomic E-state index is 0.351. The molecule has 0 unspecified atom stereocenters. The summed E-state index contributed by atoms with van der Waals surface area (Å²) in [5.41, 5.74) is 3.37. The van der Waals surface area contributed by atoms with Gasteiger partial charge in [-0.3, -0.25) is 9.88 Å². The van der Waals surface area contributed by atoms with Gasteiger partial charge < -0.3 is 0 Å². The highest BCUT2D eigenvalue weighted by atomic mass is 15.2. The molecule has 1 fully saturated rings. The number of rotatable bonds is 0. The summed E-state index contributed by atoms with van der Waals surface area (Å²) < 4.78 is 0. The minimum Gasteiger partial charge on any atom is -0.297 e. The summed E-state index contributed by atoms with van der Waals surface area (Å²) in [5, 5.41) is 0. The molecule has 2 heteroatoms. The Labute approximate surface area is 85.0 Å². The Morgan fingerprint density at radius 1 is 1.43 bits per heavy atom. The van der Waals surface area contributed by atoms with Gasteiger partial charge in [0.2, 0.25) is 0 Å². The van der Waals surface area contributed by atoms with E-state index in [4.69, 9.17) is 0 Å². The fraction of sp³-hybridized carbons (Fsp3) is 0.583. The van der Waals surface area contributed by atoms with Crippen LogP contribution in [0.2, 0.25) is 0 Å². The lowest BCUT2D eigenvalue weighted by molar-refractivity contribution is 0.174. The Balaban J connectivity index is 2.12. The van der Waals surface area contributed by atoms with Gasteiger partial charge in [-0.1, -0.05) is 0 Å². The van der Waals surface area contributed by atoms with Gasteiger partial charge in [0.15, 0.2) is 0 Å². The third-order valence-corrected chi connectivity index (χ3v) is 4.04. The van der Waals surface area contributed by atoms with Crippen molar-refractivity contribution in [1.82, 2.24) is 9.88 Å². The monoisotopic (exact) mass is 188 g/mol. The summed E-state index contributed by atoms with van der Waals surface area (Å²) in [6.45, 7) is 1.24. The Hall–Kier alpha value is -0.890. The van der Waals surface area contributed by atoms with Crippen molar-refractivity contribution in [2.24, 2.45) is 0 Å². The van der Waals surface area contributed by atoms with Crippen LogP contribution in [0.4, 0.5) is 0 Å². The number of hydrogen-bond acceptors (Lipinski definition) is 2. The fourth-order valence-corrected chi connectivity index (χ4v) is 3.21. The number of nitrogens with zero attached hydrogens (tertiary/aromatic N) is 2. The first-order valence-electron chi connectivity index (χ1n) is 5.47. The maximum Gasteiger partial charge on any atom is 0.0479 e. The second-order valence-corrected chi connectivity index (χ2v) is 4.59. The molecule has 0 amide bonds. The molecule has 2 nitrogen and oxygen atoms in total. The van der Waals surface area contributed by atoms with Gasteiger partial charge in [-0.05, 0) is 56.5 Å². The smallest absolute Gasteiger partial charge is 0.0479 e. The van der Waals surface area contributed by atoms with Gasteiger partial charge in [0.05, 0.1) is 0 Å². The van der Waals surface area contributed by atoms with E-state index in [1.807, 2.05) is 6.20 Å². The molecule has 14 heavy (non-hydrogen) atoms. The molecule has 0 bridgehead atoms. The molecule has 2 aliphatic rings. The highest BCUT2D eigenvalue weighted by molar-refractivity contribution is 5.37. The molecule has 0 aromatic carbocycles. The van der Waals surface area contributed by atoms with Crippen LogP contribution in [0.1, 0.15) is 30.4 Å². The van der Waals surface area contributed by atoms with Crippen molar-refractivity contribution in [3.8, 4) is 0 Å². The van der Waals surface area contributed by atoms with E-state index >= 15 is 0 Å². The number of pyridine rings is 1. The lowest BCUT2D eigenvalue weighted by Crippen LogP contribution is -2.36. The highest BCUT2D eigenvalue weighted by Crippen LogP contribution is 2.47. The molecule has 0 N–H and O–H groups in total. The molecule has 3 rings (SSSR count). The van der Waals surface area contributed by atoms with Crippen molar-refractivity contribution in [3.63, 3.8) is 0 Å². The first-order chi connectivity index (χ1) is 6.83. The van der Waals surface area contributed by atoms with E-state index in [-0.39, 0.29) is 0 Å². The Morgan fingerprint density at radius 3 is 3.14 bits per heavy atom. The summed E-state index contributed by atoms with van der Waals surface area (Å²) in [6.07, 6.45) is 9.21. The third kappa shape index (κ3) is 0.921. The van der Waals surface area contributed by atoms with Crippen molar-refractivity contribution in [2.75, 3.05) is 13.6 Å². The molecule has 1 atom stereocenters. The molecule has 1 aliphatic carbocycles. The zero-order valence-corrected chi connectivity index (χ0v) is 8.66. The molecule has 1 aliphatic heterocycles. The van der Waals surface area contributed by atoms with E-state index in [0.29, 0.717) is 5.54 Å². The van der Waals surface area contributed by atoms with E-state index in [1.165, 1.54) is 43.4 Å². The summed E-state index contributed by atoms with van der Waals surface area (Å²) in [4.78, 5) is 6.81. The van der Waals surface area contributed by atoms with E-state index in [2.05, 4.69) is 29.2 Å². The van der Waals surface area contributed by atoms with Crippen LogP contribution < -0.4 is 0 Å². The average molecular weight is 188 g/mol. The second-order valence-electron chi connectivity index (χ2n) is 4.59. The van der Waals surface area contributed by atoms with E-state index in [9.17, 15) is 0 Å². The van der Waals surface area contributed by atoms with E-state index < -0.39 is 0 Å². The largest absolute Gasteiger partial charge is 0.297 e. The fourth-order valence-electron chi connectivity index (χ4n) is 3.21. The molecule has 1 spiro atoms. The predicted molar refractivity (Wildman–Crippen MR) is 56.1 cm³/mol. The first kappa shape index (κ1) is 8.42. The molecule has 0 saturated carbocycles. The first-order valence-corrected chi connectivity index (χ1v) is 5.47. The van der Waals surface area contributed by atoms with Crippen LogP contribution in [-0.2, 0) is 12.0 Å². The summed E-state index contributed by atoms with van der Waals surface area (Å²) in [5.74, 6) is 0. The molecule has 1 aromatic heterocycles. The maximum absolute atomic E-state index is 4.28. The average Bonchev–Trinajstić information content (AvgIpc) is 2.76. The van der Waals surface area contributed by atoms with Crippen molar-refractivity contribution < 1.29 is 0 Å². The topological polar surface area (TPSA) is 16.1 Å². The Bertz CT molecular complexity index is 361. The standard InChI is InChI=1S/C12H16N2/c1-14-8-2-5-12(14)6-3-10-4-7-13-9-11(10)12/h4,7,9H,2-3,5-6,8H2,1H3/t12-/m1/s1. The van der Waals surface area contributed by atoms with Crippen molar-refractivity contribution in [1.29, 1.82) is 0 Å². The number of aromatic nitrogens is 1. The lowest BCUT2D eigenvalue weighted by atomic mass is 9.90. The molecule has 74 valence electrons. The SMILES string of the molecule is CN1CCC[C@]12CCc1ccncc12. The van der Waals surface area contributed by atoms with Gasteiger partial charge in [0, 0.05) is 17.9 Å². The Kier molecular flexibility index (Phi) is 1.68. The third-order valence-electron chi connectivity index (χ3n) is 4.04. The molecular formula is C12H16N2. The molecule has 0 radical (unpaired) electrons. The second kappa shape index (κ2) is 2.80. The summed E-state index contributed by atoms with van der Waals surface area (Å²) in [7, 11) is 2.26. The normalized spacial score (nSPS) is 31.2. The summed E-state index contributed by atoms with van der Waals surface area (Å²) >= 11 is 0.